The molecule has 0 saturated heterocycles. The summed E-state index contributed by atoms with van der Waals surface area (Å²) in [4.78, 5) is 36.8. The van der Waals surface area contributed by atoms with Crippen LogP contribution in [0.3, 0.4) is 0 Å². The summed E-state index contributed by atoms with van der Waals surface area (Å²) in [6.45, 7) is 3.52. The molecule has 1 unspecified atom stereocenters. The molecule has 0 aromatic carbocycles. The van der Waals surface area contributed by atoms with Gasteiger partial charge in [-0.05, 0) is 38.5 Å². The van der Waals surface area contributed by atoms with Crippen molar-refractivity contribution in [3.05, 3.63) is 12.2 Å². The van der Waals surface area contributed by atoms with Gasteiger partial charge in [-0.3, -0.25) is 14.2 Å². The summed E-state index contributed by atoms with van der Waals surface area (Å²) in [5.41, 5.74) is 5.31. The molecule has 9 nitrogen and oxygen atoms in total. The molecule has 0 aliphatic heterocycles. The van der Waals surface area contributed by atoms with E-state index in [0.29, 0.717) is 6.42 Å². The number of phosphoric acid groups is 1. The number of carbonyl (C=O) groups is 2. The third-order valence-electron chi connectivity index (χ3n) is 8.64. The van der Waals surface area contributed by atoms with Crippen LogP contribution in [0.2, 0.25) is 0 Å². The average molecular weight is 717 g/mol. The molecule has 0 aromatic rings. The Morgan fingerprint density at radius 2 is 1.00 bits per heavy atom. The zero-order chi connectivity index (χ0) is 36.1. The van der Waals surface area contributed by atoms with Crippen LogP contribution in [0.1, 0.15) is 194 Å². The average Bonchev–Trinajstić information content (AvgIpc) is 3.08. The van der Waals surface area contributed by atoms with Gasteiger partial charge in [0.1, 0.15) is 6.61 Å². The first kappa shape index (κ1) is 47.8. The lowest BCUT2D eigenvalue weighted by molar-refractivity contribution is -0.228. The zero-order valence-electron chi connectivity index (χ0n) is 31.7. The SMILES string of the molecule is CCCCCCCCCCC/C=C\CCCCC(=O)O[C@H](COC(=O)CCCCCCCCCCCCCCC)COP(=O)([O-])OCCN. The Balaban J connectivity index is 4.20. The number of hydrogen-bond acceptors (Lipinski definition) is 9. The summed E-state index contributed by atoms with van der Waals surface area (Å²) in [5.74, 6) is -0.883. The summed E-state index contributed by atoms with van der Waals surface area (Å²) < 4.78 is 32.3. The van der Waals surface area contributed by atoms with E-state index in [9.17, 15) is 19.0 Å². The van der Waals surface area contributed by atoms with Crippen molar-refractivity contribution < 1.29 is 37.6 Å². The van der Waals surface area contributed by atoms with Gasteiger partial charge in [-0.2, -0.15) is 0 Å². The van der Waals surface area contributed by atoms with Gasteiger partial charge in [-0.15, -0.1) is 0 Å². The van der Waals surface area contributed by atoms with Crippen molar-refractivity contribution in [2.45, 2.75) is 200 Å². The smallest absolute Gasteiger partial charge is 0.306 e. The van der Waals surface area contributed by atoms with Crippen LogP contribution in [0, 0.1) is 0 Å². The fourth-order valence-electron chi connectivity index (χ4n) is 5.62. The van der Waals surface area contributed by atoms with Crippen molar-refractivity contribution in [2.75, 3.05) is 26.4 Å². The molecule has 0 bridgehead atoms. The Labute approximate surface area is 300 Å². The lowest BCUT2D eigenvalue weighted by atomic mass is 10.0. The van der Waals surface area contributed by atoms with Gasteiger partial charge in [-0.1, -0.05) is 154 Å². The molecule has 0 aliphatic rings. The lowest BCUT2D eigenvalue weighted by Crippen LogP contribution is -2.30. The zero-order valence-corrected chi connectivity index (χ0v) is 32.5. The van der Waals surface area contributed by atoms with Gasteiger partial charge in [-0.25, -0.2) is 0 Å². The lowest BCUT2D eigenvalue weighted by Gasteiger charge is -2.25. The van der Waals surface area contributed by atoms with Crippen molar-refractivity contribution in [3.63, 3.8) is 0 Å². The van der Waals surface area contributed by atoms with E-state index in [1.807, 2.05) is 0 Å². The number of phosphoric ester groups is 1. The van der Waals surface area contributed by atoms with E-state index in [2.05, 4.69) is 30.5 Å². The molecule has 0 spiro atoms. The second-order valence-electron chi connectivity index (χ2n) is 13.5. The van der Waals surface area contributed by atoms with Crippen LogP contribution in [0.4, 0.5) is 0 Å². The number of carbonyl (C=O) groups excluding carboxylic acids is 2. The highest BCUT2D eigenvalue weighted by Crippen LogP contribution is 2.38. The highest BCUT2D eigenvalue weighted by atomic mass is 31.2. The maximum Gasteiger partial charge on any atom is 0.306 e. The molecular weight excluding hydrogens is 641 g/mol. The predicted molar refractivity (Wildman–Crippen MR) is 199 cm³/mol. The van der Waals surface area contributed by atoms with E-state index in [1.54, 1.807) is 0 Å². The monoisotopic (exact) mass is 717 g/mol. The van der Waals surface area contributed by atoms with Crippen LogP contribution in [-0.2, 0) is 32.7 Å². The summed E-state index contributed by atoms with van der Waals surface area (Å²) in [6, 6.07) is 0. The Hall–Kier alpha value is -1.25. The first-order valence-electron chi connectivity index (χ1n) is 20.1. The number of hydrogen-bond donors (Lipinski definition) is 1. The number of unbranched alkanes of at least 4 members (excludes halogenated alkanes) is 23. The van der Waals surface area contributed by atoms with Crippen LogP contribution >= 0.6 is 7.82 Å². The summed E-state index contributed by atoms with van der Waals surface area (Å²) in [5, 5.41) is 0. The van der Waals surface area contributed by atoms with Crippen LogP contribution in [0.5, 0.6) is 0 Å². The van der Waals surface area contributed by atoms with Gasteiger partial charge in [0, 0.05) is 19.4 Å². The van der Waals surface area contributed by atoms with E-state index in [1.165, 1.54) is 122 Å². The van der Waals surface area contributed by atoms with Gasteiger partial charge in [0.15, 0.2) is 6.10 Å². The molecule has 10 heteroatoms. The first-order valence-corrected chi connectivity index (χ1v) is 21.6. The summed E-state index contributed by atoms with van der Waals surface area (Å²) in [7, 11) is -4.62. The topological polar surface area (TPSA) is 137 Å². The third kappa shape index (κ3) is 36.3. The van der Waals surface area contributed by atoms with Crippen LogP contribution < -0.4 is 10.6 Å². The molecule has 2 N–H and O–H groups in total. The quantitative estimate of drug-likeness (QED) is 0.0286. The minimum absolute atomic E-state index is 0.0131. The molecule has 0 radical (unpaired) electrons. The van der Waals surface area contributed by atoms with E-state index in [-0.39, 0.29) is 32.6 Å². The molecule has 0 amide bonds. The van der Waals surface area contributed by atoms with E-state index in [0.717, 1.165) is 38.5 Å². The molecule has 0 heterocycles. The Morgan fingerprint density at radius 3 is 1.49 bits per heavy atom. The highest BCUT2D eigenvalue weighted by molar-refractivity contribution is 7.45. The van der Waals surface area contributed by atoms with Gasteiger partial charge < -0.3 is 29.1 Å². The third-order valence-corrected chi connectivity index (χ3v) is 9.61. The van der Waals surface area contributed by atoms with Gasteiger partial charge >= 0.3 is 11.9 Å². The molecular formula is C39H75NO8P-. The molecule has 2 atom stereocenters. The minimum Gasteiger partial charge on any atom is -0.756 e. The van der Waals surface area contributed by atoms with Crippen LogP contribution in [0.15, 0.2) is 12.2 Å². The molecule has 0 rings (SSSR count). The number of esters is 2. The van der Waals surface area contributed by atoms with E-state index in [4.69, 9.17) is 19.7 Å². The molecule has 0 aliphatic carbocycles. The second kappa shape index (κ2) is 36.5. The normalized spacial score (nSPS) is 13.5. The van der Waals surface area contributed by atoms with Crippen molar-refractivity contribution >= 4 is 19.8 Å². The number of nitrogens with two attached hydrogens (primary N) is 1. The summed E-state index contributed by atoms with van der Waals surface area (Å²) >= 11 is 0. The Kier molecular flexibility index (Phi) is 35.6. The molecule has 49 heavy (non-hydrogen) atoms. The fourth-order valence-corrected chi connectivity index (χ4v) is 6.37. The maximum atomic E-state index is 12.5. The molecule has 0 saturated carbocycles. The Morgan fingerprint density at radius 1 is 0.592 bits per heavy atom. The van der Waals surface area contributed by atoms with Crippen molar-refractivity contribution in [1.29, 1.82) is 0 Å². The highest BCUT2D eigenvalue weighted by Gasteiger charge is 2.21. The minimum atomic E-state index is -4.62. The molecule has 290 valence electrons. The summed E-state index contributed by atoms with van der Waals surface area (Å²) in [6.07, 6.45) is 35.1. The largest absolute Gasteiger partial charge is 0.756 e. The van der Waals surface area contributed by atoms with Gasteiger partial charge in [0.2, 0.25) is 0 Å². The van der Waals surface area contributed by atoms with E-state index >= 15 is 0 Å². The maximum absolute atomic E-state index is 12.5. The number of ether oxygens (including phenoxy) is 2. The van der Waals surface area contributed by atoms with Crippen molar-refractivity contribution in [2.24, 2.45) is 5.73 Å². The second-order valence-corrected chi connectivity index (χ2v) is 14.9. The number of allylic oxidation sites excluding steroid dienone is 2. The van der Waals surface area contributed by atoms with Crippen molar-refractivity contribution in [1.82, 2.24) is 0 Å². The van der Waals surface area contributed by atoms with Crippen LogP contribution in [0.25, 0.3) is 0 Å². The first-order chi connectivity index (χ1) is 23.8. The van der Waals surface area contributed by atoms with E-state index < -0.39 is 32.5 Å². The Bertz CT molecular complexity index is 825. The van der Waals surface area contributed by atoms with Crippen LogP contribution in [-0.4, -0.2) is 44.4 Å². The van der Waals surface area contributed by atoms with Gasteiger partial charge in [0.05, 0.1) is 13.2 Å². The van der Waals surface area contributed by atoms with Crippen molar-refractivity contribution in [3.8, 4) is 0 Å². The fraction of sp³-hybridized carbons (Fsp3) is 0.897. The standard InChI is InChI=1S/C39H76NO8P/c1-3-5-7-9-11-13-15-17-18-20-22-24-26-28-30-32-39(42)48-37(36-47-49(43,44)46-34-33-40)35-45-38(41)31-29-27-25-23-21-19-16-14-12-10-8-6-4-2/h22,24,37H,3-21,23,25-36,40H2,1-2H3,(H,43,44)/p-1/b24-22-/t37-/m1/s1. The number of rotatable bonds is 38. The molecule has 0 fully saturated rings. The van der Waals surface area contributed by atoms with Gasteiger partial charge in [0.25, 0.3) is 7.82 Å². The predicted octanol–water partition coefficient (Wildman–Crippen LogP) is 10.4. The molecule has 0 aromatic heterocycles.